The van der Waals surface area contributed by atoms with Gasteiger partial charge in [-0.05, 0) is 30.5 Å². The van der Waals surface area contributed by atoms with E-state index in [2.05, 4.69) is 0 Å². The highest BCUT2D eigenvalue weighted by atomic mass is 35.5. The Morgan fingerprint density at radius 2 is 2.10 bits per heavy atom. The van der Waals surface area contributed by atoms with Gasteiger partial charge in [0, 0.05) is 6.42 Å². The zero-order chi connectivity index (χ0) is 14.8. The SMILES string of the molecule is O=C(O)CCCc1ccc(S(=O)(=O)C2COC2)c(Cl)c1. The number of benzene rings is 1. The Morgan fingerprint density at radius 3 is 2.60 bits per heavy atom. The summed E-state index contributed by atoms with van der Waals surface area (Å²) in [5.74, 6) is -0.847. The fourth-order valence-corrected chi connectivity index (χ4v) is 3.97. The average molecular weight is 319 g/mol. The lowest BCUT2D eigenvalue weighted by Gasteiger charge is -2.26. The highest BCUT2D eigenvalue weighted by molar-refractivity contribution is 7.92. The molecule has 0 bridgehead atoms. The molecule has 20 heavy (non-hydrogen) atoms. The van der Waals surface area contributed by atoms with Gasteiger partial charge in [-0.2, -0.15) is 0 Å². The average Bonchev–Trinajstić information content (AvgIpc) is 2.24. The van der Waals surface area contributed by atoms with E-state index in [-0.39, 0.29) is 29.6 Å². The third-order valence-corrected chi connectivity index (χ3v) is 5.75. The summed E-state index contributed by atoms with van der Waals surface area (Å²) in [6, 6.07) is 4.77. The van der Waals surface area contributed by atoms with Crippen LogP contribution in [0.15, 0.2) is 23.1 Å². The van der Waals surface area contributed by atoms with Crippen molar-refractivity contribution in [3.05, 3.63) is 28.8 Å². The second-order valence-electron chi connectivity index (χ2n) is 4.72. The fourth-order valence-electron chi connectivity index (χ4n) is 1.95. The Morgan fingerprint density at radius 1 is 1.40 bits per heavy atom. The first kappa shape index (κ1) is 15.3. The van der Waals surface area contributed by atoms with E-state index in [1.165, 1.54) is 6.07 Å². The van der Waals surface area contributed by atoms with Gasteiger partial charge in [-0.15, -0.1) is 0 Å². The van der Waals surface area contributed by atoms with Crippen LogP contribution in [0.1, 0.15) is 18.4 Å². The number of aliphatic carboxylic acids is 1. The van der Waals surface area contributed by atoms with Gasteiger partial charge in [0.25, 0.3) is 0 Å². The molecule has 0 radical (unpaired) electrons. The predicted molar refractivity (Wildman–Crippen MR) is 73.8 cm³/mol. The van der Waals surface area contributed by atoms with Crippen LogP contribution < -0.4 is 0 Å². The zero-order valence-corrected chi connectivity index (χ0v) is 12.3. The molecule has 1 N–H and O–H groups in total. The van der Waals surface area contributed by atoms with Gasteiger partial charge in [-0.3, -0.25) is 4.79 Å². The van der Waals surface area contributed by atoms with Crippen molar-refractivity contribution in [1.82, 2.24) is 0 Å². The first-order valence-corrected chi connectivity index (χ1v) is 8.15. The summed E-state index contributed by atoms with van der Waals surface area (Å²) < 4.78 is 29.3. The van der Waals surface area contributed by atoms with Gasteiger partial charge in [0.1, 0.15) is 5.25 Å². The predicted octanol–water partition coefficient (Wildman–Crippen LogP) is 1.92. The lowest BCUT2D eigenvalue weighted by Crippen LogP contribution is -2.40. The fraction of sp³-hybridized carbons (Fsp3) is 0.462. The molecule has 0 unspecified atom stereocenters. The van der Waals surface area contributed by atoms with Crippen molar-refractivity contribution in [3.63, 3.8) is 0 Å². The molecule has 1 heterocycles. The molecule has 7 heteroatoms. The molecule has 1 aromatic carbocycles. The summed E-state index contributed by atoms with van der Waals surface area (Å²) in [7, 11) is -3.43. The lowest BCUT2D eigenvalue weighted by atomic mass is 10.1. The molecule has 1 fully saturated rings. The monoisotopic (exact) mass is 318 g/mol. The molecule has 5 nitrogen and oxygen atoms in total. The number of carbonyl (C=O) groups is 1. The van der Waals surface area contributed by atoms with Crippen LogP contribution in [0.25, 0.3) is 0 Å². The van der Waals surface area contributed by atoms with Gasteiger partial charge in [-0.1, -0.05) is 17.7 Å². The third-order valence-electron chi connectivity index (χ3n) is 3.21. The number of ether oxygens (including phenoxy) is 1. The first-order valence-electron chi connectivity index (χ1n) is 6.23. The van der Waals surface area contributed by atoms with E-state index < -0.39 is 21.1 Å². The van der Waals surface area contributed by atoms with Gasteiger partial charge in [0.05, 0.1) is 23.1 Å². The molecule has 1 aliphatic heterocycles. The van der Waals surface area contributed by atoms with Gasteiger partial charge < -0.3 is 9.84 Å². The topological polar surface area (TPSA) is 80.7 Å². The standard InChI is InChI=1S/C13H15ClO5S/c14-11-6-9(2-1-3-13(15)16)4-5-12(11)20(17,18)10-7-19-8-10/h4-6,10H,1-3,7-8H2,(H,15,16). The quantitative estimate of drug-likeness (QED) is 0.866. The number of halogens is 1. The molecule has 1 aromatic rings. The van der Waals surface area contributed by atoms with Crippen LogP contribution in [0.5, 0.6) is 0 Å². The lowest BCUT2D eigenvalue weighted by molar-refractivity contribution is -0.137. The molecular formula is C13H15ClO5S. The Balaban J connectivity index is 2.11. The van der Waals surface area contributed by atoms with E-state index in [1.54, 1.807) is 12.1 Å². The molecule has 0 spiro atoms. The van der Waals surface area contributed by atoms with Gasteiger partial charge in [-0.25, -0.2) is 8.42 Å². The van der Waals surface area contributed by atoms with E-state index in [0.717, 1.165) is 5.56 Å². The minimum absolute atomic E-state index is 0.0804. The highest BCUT2D eigenvalue weighted by Gasteiger charge is 2.35. The Kier molecular flexibility index (Phi) is 4.67. The molecule has 1 saturated heterocycles. The number of sulfone groups is 1. The van der Waals surface area contributed by atoms with Crippen LogP contribution in [-0.2, 0) is 25.8 Å². The summed E-state index contributed by atoms with van der Waals surface area (Å²) >= 11 is 6.04. The highest BCUT2D eigenvalue weighted by Crippen LogP contribution is 2.29. The smallest absolute Gasteiger partial charge is 0.303 e. The molecular weight excluding hydrogens is 304 g/mol. The van der Waals surface area contributed by atoms with Crippen LogP contribution in [-0.4, -0.2) is 38.0 Å². The van der Waals surface area contributed by atoms with E-state index in [9.17, 15) is 13.2 Å². The Bertz CT molecular complexity index is 607. The van der Waals surface area contributed by atoms with Crippen LogP contribution in [0.3, 0.4) is 0 Å². The third kappa shape index (κ3) is 3.31. The van der Waals surface area contributed by atoms with Crippen molar-refractivity contribution in [2.75, 3.05) is 13.2 Å². The van der Waals surface area contributed by atoms with Gasteiger partial charge in [0.15, 0.2) is 9.84 Å². The molecule has 0 atom stereocenters. The minimum Gasteiger partial charge on any atom is -0.481 e. The van der Waals surface area contributed by atoms with Gasteiger partial charge >= 0.3 is 5.97 Å². The van der Waals surface area contributed by atoms with E-state index in [1.807, 2.05) is 0 Å². The number of hydrogen-bond donors (Lipinski definition) is 1. The second kappa shape index (κ2) is 6.11. The molecule has 2 rings (SSSR count). The van der Waals surface area contributed by atoms with Crippen LogP contribution in [0.4, 0.5) is 0 Å². The van der Waals surface area contributed by atoms with Crippen molar-refractivity contribution in [2.24, 2.45) is 0 Å². The van der Waals surface area contributed by atoms with Crippen LogP contribution in [0, 0.1) is 0 Å². The largest absolute Gasteiger partial charge is 0.481 e. The normalized spacial score (nSPS) is 15.8. The number of carboxylic acid groups (broad SMARTS) is 1. The summed E-state index contributed by atoms with van der Waals surface area (Å²) in [5.41, 5.74) is 0.833. The summed E-state index contributed by atoms with van der Waals surface area (Å²) in [5, 5.41) is 8.24. The van der Waals surface area contributed by atoms with Crippen molar-refractivity contribution in [1.29, 1.82) is 0 Å². The Labute approximate surface area is 122 Å². The van der Waals surface area contributed by atoms with E-state index >= 15 is 0 Å². The minimum atomic E-state index is -3.43. The van der Waals surface area contributed by atoms with Crippen molar-refractivity contribution >= 4 is 27.4 Å². The maximum Gasteiger partial charge on any atom is 0.303 e. The number of carboxylic acids is 1. The molecule has 0 aromatic heterocycles. The molecule has 110 valence electrons. The second-order valence-corrected chi connectivity index (χ2v) is 7.32. The maximum atomic E-state index is 12.2. The maximum absolute atomic E-state index is 12.2. The van der Waals surface area contributed by atoms with E-state index in [0.29, 0.717) is 12.8 Å². The van der Waals surface area contributed by atoms with Crippen molar-refractivity contribution < 1.29 is 23.1 Å². The molecule has 1 aliphatic rings. The first-order chi connectivity index (χ1) is 9.41. The summed E-state index contributed by atoms with van der Waals surface area (Å²) in [6.07, 6.45) is 1.13. The van der Waals surface area contributed by atoms with Crippen molar-refractivity contribution in [3.8, 4) is 0 Å². The Hall–Kier alpha value is -1.11. The van der Waals surface area contributed by atoms with Crippen molar-refractivity contribution in [2.45, 2.75) is 29.4 Å². The van der Waals surface area contributed by atoms with Crippen LogP contribution >= 0.6 is 11.6 Å². The van der Waals surface area contributed by atoms with Crippen LogP contribution in [0.2, 0.25) is 5.02 Å². The molecule has 0 saturated carbocycles. The summed E-state index contributed by atoms with van der Waals surface area (Å²) in [6.45, 7) is 0.415. The summed E-state index contributed by atoms with van der Waals surface area (Å²) in [4.78, 5) is 10.6. The molecule has 0 aliphatic carbocycles. The van der Waals surface area contributed by atoms with Gasteiger partial charge in [0.2, 0.25) is 0 Å². The number of aryl methyl sites for hydroxylation is 1. The van der Waals surface area contributed by atoms with E-state index in [4.69, 9.17) is 21.4 Å². The number of rotatable bonds is 6. The number of hydrogen-bond acceptors (Lipinski definition) is 4. The molecule has 0 amide bonds. The zero-order valence-electron chi connectivity index (χ0n) is 10.7.